The number of carbonyl (C=O) groups excluding carboxylic acids is 1. The zero-order valence-corrected chi connectivity index (χ0v) is 16.1. The molecule has 2 aromatic carbocycles. The zero-order chi connectivity index (χ0) is 54.9. The highest BCUT2D eigenvalue weighted by atomic mass is 19.1. The predicted molar refractivity (Wildman–Crippen MR) is 130 cm³/mol. The molecule has 0 saturated carbocycles. The lowest BCUT2D eigenvalue weighted by Crippen LogP contribution is -2.40. The Hall–Kier alpha value is -2.19. The molecule has 7 heteroatoms. The monoisotopic (exact) mass is 496 g/mol. The quantitative estimate of drug-likeness (QED) is 0.679. The fraction of sp³-hybridized carbons (Fsp3) is 0.500. The van der Waals surface area contributed by atoms with Crippen molar-refractivity contribution in [2.75, 3.05) is 39.9 Å². The highest BCUT2D eigenvalue weighted by Crippen LogP contribution is 2.10. The van der Waals surface area contributed by atoms with Crippen LogP contribution in [0.15, 0.2) is 48.3 Å². The highest BCUT2D eigenvalue weighted by molar-refractivity contribution is 5.79. The number of halogens is 2. The summed E-state index contributed by atoms with van der Waals surface area (Å²) in [4.78, 5) is 10.4. The first kappa shape index (κ1) is 6.13. The van der Waals surface area contributed by atoms with Crippen LogP contribution in [0.25, 0.3) is 0 Å². The van der Waals surface area contributed by atoms with E-state index >= 15 is 0 Å². The molecule has 0 aliphatic carbocycles. The molecule has 0 bridgehead atoms. The SMILES string of the molecule is [2H]C([2H])([2H])N1C([2H])([2H])C([2H])([2H])C(=O)C([2H])([2H])C1([2H])[2H].[2H]c1c([2H])c(C([2H])([2H])N)c([2H])c([2H])c1F.[2H]c1c([2H])c(C([2H])([2H])NC2([2H])C([2H])([2H])C([2H])([2H])N(C([2H])([2H])[2H])C([2H])([2H])C2([2H])[2H])c([2H])c([2H])c1F. The van der Waals surface area contributed by atoms with Gasteiger partial charge in [-0.15, -0.1) is 0 Å². The minimum absolute atomic E-state index is 0.533. The van der Waals surface area contributed by atoms with Crippen molar-refractivity contribution in [1.29, 1.82) is 0 Å². The number of carbonyl (C=O) groups is 1. The molecule has 2 heterocycles. The molecule has 0 spiro atoms. The van der Waals surface area contributed by atoms with E-state index in [1.165, 1.54) is 5.32 Å². The maximum Gasteiger partial charge on any atom is 0.135 e. The number of likely N-dealkylation sites (tertiary alicyclic amines) is 2. The van der Waals surface area contributed by atoms with Crippen molar-refractivity contribution in [2.45, 2.75) is 44.5 Å². The summed E-state index contributed by atoms with van der Waals surface area (Å²) in [5.41, 5.74) is 3.12. The summed E-state index contributed by atoms with van der Waals surface area (Å²) >= 11 is 0. The number of hydrogen-bond acceptors (Lipinski definition) is 5. The Morgan fingerprint density at radius 3 is 1.97 bits per heavy atom. The fourth-order valence-corrected chi connectivity index (χ4v) is 1.47. The Morgan fingerprint density at radius 2 is 1.48 bits per heavy atom. The van der Waals surface area contributed by atoms with E-state index in [0.29, 0.717) is 0 Å². The lowest BCUT2D eigenvalue weighted by Gasteiger charge is -2.29. The van der Waals surface area contributed by atoms with Gasteiger partial charge < -0.3 is 20.9 Å². The third-order valence-electron chi connectivity index (χ3n) is 2.79. The number of nitrogens with two attached hydrogens (primary N) is 1. The summed E-state index contributed by atoms with van der Waals surface area (Å²) in [7, 11) is 0. The molecule has 0 aromatic heterocycles. The Morgan fingerprint density at radius 1 is 1.00 bits per heavy atom. The van der Waals surface area contributed by atoms with Crippen molar-refractivity contribution in [3.05, 3.63) is 71.1 Å². The molecule has 0 atom stereocenters. The Balaban J connectivity index is 0.000000391. The molecule has 0 unspecified atom stereocenters. The predicted octanol–water partition coefficient (Wildman–Crippen LogP) is 3.57. The van der Waals surface area contributed by atoms with Gasteiger partial charge in [0.1, 0.15) is 17.4 Å². The molecule has 2 fully saturated rings. The number of rotatable bonds is 4. The second kappa shape index (κ2) is 14.9. The van der Waals surface area contributed by atoms with Crippen molar-refractivity contribution in [3.8, 4) is 0 Å². The van der Waals surface area contributed by atoms with Gasteiger partial charge in [0.05, 0.1) is 11.0 Å². The largest absolute Gasteiger partial charge is 0.326 e. The van der Waals surface area contributed by atoms with Gasteiger partial charge in [0.25, 0.3) is 0 Å². The van der Waals surface area contributed by atoms with Gasteiger partial charge >= 0.3 is 0 Å². The average molecular weight is 496 g/mol. The first-order chi connectivity index (χ1) is 29.4. The lowest BCUT2D eigenvalue weighted by atomic mass is 10.1. The standard InChI is InChI=1S/C13H19FN2.C7H8FN.C6H11NO/c1-16-8-6-13(7-9-16)15-10-11-2-4-12(14)5-3-11;8-7-3-1-6(5-9)2-4-7;1-7-4-2-6(8)3-5-7/h2-5,13,15H,6-10H2,1H3;1-4H,5,9H2;2-5H2,1H3/i1D3,2D,3D,4D,5D,6D2,7D2,8D2,9D2,10D2,13D;1D,2D,3D,4D,5D2;1D3,2D2,3D2,4D2,5D2. The molecule has 5 nitrogen and oxygen atoms in total. The van der Waals surface area contributed by atoms with Crippen molar-refractivity contribution in [2.24, 2.45) is 5.73 Å². The number of piperidine rings is 2. The van der Waals surface area contributed by atoms with E-state index in [-0.39, 0.29) is 0 Å². The van der Waals surface area contributed by atoms with Crippen LogP contribution in [-0.4, -0.2) is 61.5 Å². The minimum Gasteiger partial charge on any atom is -0.326 e. The van der Waals surface area contributed by atoms with Gasteiger partial charge in [0.15, 0.2) is 0 Å². The van der Waals surface area contributed by atoms with Crippen LogP contribution < -0.4 is 11.1 Å². The number of benzene rings is 2. The van der Waals surface area contributed by atoms with Gasteiger partial charge in [-0.3, -0.25) is 4.79 Å². The molecule has 2 aliphatic heterocycles. The van der Waals surface area contributed by atoms with Crippen LogP contribution in [0.1, 0.15) is 84.6 Å². The molecule has 2 aliphatic rings. The number of ketones is 1. The maximum absolute atomic E-state index is 13.9. The van der Waals surface area contributed by atoms with Crippen LogP contribution in [0.5, 0.6) is 0 Å². The Bertz CT molecular complexity index is 2190. The highest BCUT2D eigenvalue weighted by Gasteiger charge is 2.15. The van der Waals surface area contributed by atoms with Crippen LogP contribution in [-0.2, 0) is 17.8 Å². The minimum atomic E-state index is -4.03. The molecule has 2 saturated heterocycles. The maximum atomic E-state index is 13.9. The van der Waals surface area contributed by atoms with Crippen LogP contribution in [0, 0.1) is 11.6 Å². The van der Waals surface area contributed by atoms with Gasteiger partial charge in [-0.25, -0.2) is 8.78 Å². The third kappa shape index (κ3) is 11.5. The molecule has 182 valence electrons. The van der Waals surface area contributed by atoms with E-state index in [0.717, 1.165) is 0 Å². The summed E-state index contributed by atoms with van der Waals surface area (Å²) in [6, 6.07) is -12.7. The topological polar surface area (TPSA) is 61.6 Å². The van der Waals surface area contributed by atoms with E-state index in [9.17, 15) is 13.6 Å². The van der Waals surface area contributed by atoms with Crippen molar-refractivity contribution in [1.82, 2.24) is 15.1 Å². The van der Waals surface area contributed by atoms with Crippen LogP contribution in [0.4, 0.5) is 8.78 Å². The summed E-state index contributed by atoms with van der Waals surface area (Å²) in [6.45, 7) is -28.3. The molecule has 4 rings (SSSR count). The van der Waals surface area contributed by atoms with Crippen LogP contribution in [0.3, 0.4) is 0 Å². The zero-order valence-electron chi connectivity index (χ0n) is 51.1. The van der Waals surface area contributed by atoms with E-state index < -0.39 is 171 Å². The first-order valence-electron chi connectivity index (χ1n) is 25.7. The van der Waals surface area contributed by atoms with Crippen molar-refractivity contribution in [3.63, 3.8) is 0 Å². The van der Waals surface area contributed by atoms with E-state index in [4.69, 9.17) is 53.7 Å². The van der Waals surface area contributed by atoms with Crippen LogP contribution in [0.2, 0.25) is 0 Å². The molecular formula is C26H38F2N4O. The normalized spacial score (nSPS) is 47.8. The average Bonchev–Trinajstić information content (AvgIpc) is 3.11. The smallest absolute Gasteiger partial charge is 0.135 e. The van der Waals surface area contributed by atoms with Crippen molar-refractivity contribution < 1.29 is 61.6 Å². The Kier molecular flexibility index (Phi) is 2.76. The number of nitrogens with one attached hydrogen (secondary N) is 1. The summed E-state index contributed by atoms with van der Waals surface area (Å²) in [5.74, 6) is -4.92. The van der Waals surface area contributed by atoms with Gasteiger partial charge in [0.2, 0.25) is 0 Å². The van der Waals surface area contributed by atoms with Crippen molar-refractivity contribution >= 4 is 5.78 Å². The second-order valence-electron chi connectivity index (χ2n) is 5.09. The lowest BCUT2D eigenvalue weighted by molar-refractivity contribution is -0.121. The number of nitrogens with zero attached hydrogens (tertiary/aromatic N) is 2. The second-order valence-corrected chi connectivity index (χ2v) is 5.09. The molecule has 0 radical (unpaired) electrons. The Labute approximate surface area is 246 Å². The number of hydrogen-bond donors (Lipinski definition) is 2. The van der Waals surface area contributed by atoms with E-state index in [1.807, 2.05) is 0 Å². The molecule has 2 aromatic rings. The van der Waals surface area contributed by atoms with Gasteiger partial charge in [-0.05, 0) is 75.0 Å². The summed E-state index contributed by atoms with van der Waals surface area (Å²) in [5, 5.41) is 1.44. The molecular weight excluding hydrogens is 422 g/mol. The molecule has 0 amide bonds. The molecule has 3 N–H and O–H groups in total. The first-order valence-corrected chi connectivity index (χ1v) is 8.21. The third-order valence-corrected chi connectivity index (χ3v) is 2.79. The van der Waals surface area contributed by atoms with Crippen LogP contribution >= 0.6 is 0 Å². The molecule has 33 heavy (non-hydrogen) atoms. The fourth-order valence-electron chi connectivity index (χ4n) is 1.47. The summed E-state index contributed by atoms with van der Waals surface area (Å²) < 4.78 is 293. The van der Waals surface area contributed by atoms with Gasteiger partial charge in [-0.1, -0.05) is 24.2 Å². The summed E-state index contributed by atoms with van der Waals surface area (Å²) in [6.07, 6.45) is -15.1. The van der Waals surface area contributed by atoms with E-state index in [1.54, 1.807) is 0 Å². The number of Topliss-reactive ketones (excluding diaryl/α,β-unsaturated/α-hetero) is 1. The van der Waals surface area contributed by atoms with E-state index in [2.05, 4.69) is 0 Å². The van der Waals surface area contributed by atoms with Gasteiger partial charge in [0, 0.05) is 81.8 Å². The van der Waals surface area contributed by atoms with Gasteiger partial charge in [-0.2, -0.15) is 0 Å².